The number of halogens is 4. The molecule has 0 saturated heterocycles. The Bertz CT molecular complexity index is 969. The molecule has 2 heterocycles. The van der Waals surface area contributed by atoms with Gasteiger partial charge in [-0.3, -0.25) is 14.5 Å². The third kappa shape index (κ3) is 4.03. The van der Waals surface area contributed by atoms with Gasteiger partial charge in [-0.15, -0.1) is 23.4 Å². The van der Waals surface area contributed by atoms with E-state index >= 15 is 0 Å². The van der Waals surface area contributed by atoms with Gasteiger partial charge in [-0.05, 0) is 50.7 Å². The van der Waals surface area contributed by atoms with Crippen molar-refractivity contribution in [2.45, 2.75) is 74.3 Å². The number of nitrogens with one attached hydrogen (secondary N) is 1. The summed E-state index contributed by atoms with van der Waals surface area (Å²) in [5, 5.41) is 11.8. The number of carbonyl (C=O) groups excluding carboxylic acids is 1. The average Bonchev–Trinajstić information content (AvgIpc) is 3.07. The van der Waals surface area contributed by atoms with E-state index in [-0.39, 0.29) is 35.6 Å². The smallest absolute Gasteiger partial charge is 0.424 e. The van der Waals surface area contributed by atoms with Gasteiger partial charge in [0.05, 0.1) is 16.5 Å². The zero-order valence-electron chi connectivity index (χ0n) is 16.4. The summed E-state index contributed by atoms with van der Waals surface area (Å²) in [6, 6.07) is 3.55. The lowest BCUT2D eigenvalue weighted by Crippen LogP contribution is -2.76. The van der Waals surface area contributed by atoms with Crippen molar-refractivity contribution >= 4 is 17.5 Å². The Morgan fingerprint density at radius 3 is 2.65 bits per heavy atom. The standard InChI is InChI=1S/C20H20ClF3N4O3/c21-12-1-2-13(25-7-12)3-4-15(29)26-19-8-18(9-19,10-19)17-28-27-16(30-17)11-5-14(6-11)31-20(22,23)24/h1-2,7,11,14H,3-6,8-10H2,(H,26,29)/t11-,14+,18?,19?. The van der Waals surface area contributed by atoms with Crippen LogP contribution in [0.3, 0.4) is 0 Å². The molecule has 0 unspecified atom stereocenters. The Morgan fingerprint density at radius 2 is 2.00 bits per heavy atom. The number of ether oxygens (including phenoxy) is 1. The van der Waals surface area contributed by atoms with E-state index in [1.807, 2.05) is 0 Å². The van der Waals surface area contributed by atoms with Gasteiger partial charge in [-0.2, -0.15) is 0 Å². The molecular formula is C20H20ClF3N4O3. The molecule has 11 heteroatoms. The molecule has 2 aromatic rings. The Hall–Kier alpha value is -2.20. The second-order valence-electron chi connectivity index (χ2n) is 8.91. The van der Waals surface area contributed by atoms with E-state index in [2.05, 4.69) is 25.2 Å². The highest BCUT2D eigenvalue weighted by molar-refractivity contribution is 6.30. The molecule has 7 nitrogen and oxygen atoms in total. The van der Waals surface area contributed by atoms with Gasteiger partial charge in [0.25, 0.3) is 0 Å². The van der Waals surface area contributed by atoms with Crippen LogP contribution in [0.2, 0.25) is 5.02 Å². The minimum absolute atomic E-state index is 0.0264. The fourth-order valence-corrected chi connectivity index (χ4v) is 5.08. The lowest BCUT2D eigenvalue weighted by molar-refractivity contribution is -0.352. The number of alkyl halides is 3. The molecule has 0 aliphatic heterocycles. The zero-order chi connectivity index (χ0) is 21.9. The fraction of sp³-hybridized carbons (Fsp3) is 0.600. The Morgan fingerprint density at radius 1 is 1.26 bits per heavy atom. The van der Waals surface area contributed by atoms with Crippen LogP contribution in [0, 0.1) is 0 Å². The van der Waals surface area contributed by atoms with Crippen LogP contribution in [0.25, 0.3) is 0 Å². The van der Waals surface area contributed by atoms with Crippen LogP contribution in [0.15, 0.2) is 22.7 Å². The van der Waals surface area contributed by atoms with Crippen molar-refractivity contribution in [1.82, 2.24) is 20.5 Å². The number of aryl methyl sites for hydroxylation is 1. The molecule has 6 rings (SSSR count). The maximum Gasteiger partial charge on any atom is 0.522 e. The first-order chi connectivity index (χ1) is 14.6. The first-order valence-electron chi connectivity index (χ1n) is 10.1. The van der Waals surface area contributed by atoms with E-state index in [4.69, 9.17) is 16.0 Å². The third-order valence-corrected chi connectivity index (χ3v) is 6.69. The van der Waals surface area contributed by atoms with E-state index in [0.29, 0.717) is 29.6 Å². The van der Waals surface area contributed by atoms with Crippen LogP contribution in [-0.4, -0.2) is 39.1 Å². The van der Waals surface area contributed by atoms with Gasteiger partial charge in [-0.25, -0.2) is 0 Å². The van der Waals surface area contributed by atoms with Crippen molar-refractivity contribution in [2.75, 3.05) is 0 Å². The molecule has 4 aliphatic rings. The second-order valence-corrected chi connectivity index (χ2v) is 9.34. The van der Waals surface area contributed by atoms with Crippen molar-refractivity contribution in [3.05, 3.63) is 40.8 Å². The van der Waals surface area contributed by atoms with Gasteiger partial charge in [0.1, 0.15) is 0 Å². The lowest BCUT2D eigenvalue weighted by atomic mass is 9.39. The first kappa shape index (κ1) is 20.7. The maximum atomic E-state index is 12.3. The van der Waals surface area contributed by atoms with Crippen LogP contribution in [-0.2, 0) is 21.4 Å². The van der Waals surface area contributed by atoms with Crippen LogP contribution in [0.1, 0.15) is 61.9 Å². The van der Waals surface area contributed by atoms with E-state index in [1.165, 1.54) is 0 Å². The van der Waals surface area contributed by atoms with E-state index in [9.17, 15) is 18.0 Å². The number of hydrogen-bond donors (Lipinski definition) is 1. The minimum atomic E-state index is -4.62. The lowest BCUT2D eigenvalue weighted by Gasteiger charge is -2.68. The predicted octanol–water partition coefficient (Wildman–Crippen LogP) is 3.82. The van der Waals surface area contributed by atoms with Gasteiger partial charge >= 0.3 is 6.36 Å². The number of hydrogen-bond acceptors (Lipinski definition) is 6. The monoisotopic (exact) mass is 456 g/mol. The molecule has 0 atom stereocenters. The van der Waals surface area contributed by atoms with Gasteiger partial charge in [0.15, 0.2) is 0 Å². The molecule has 1 amide bonds. The van der Waals surface area contributed by atoms with Crippen molar-refractivity contribution < 1.29 is 27.1 Å². The Balaban J connectivity index is 1.08. The van der Waals surface area contributed by atoms with Crippen LogP contribution >= 0.6 is 11.6 Å². The average molecular weight is 457 g/mol. The Labute approximate surface area is 180 Å². The summed E-state index contributed by atoms with van der Waals surface area (Å²) in [4.78, 5) is 16.5. The molecule has 0 spiro atoms. The molecule has 1 N–H and O–H groups in total. The summed E-state index contributed by atoms with van der Waals surface area (Å²) in [7, 11) is 0. The highest BCUT2D eigenvalue weighted by Gasteiger charge is 2.71. The maximum absolute atomic E-state index is 12.3. The van der Waals surface area contributed by atoms with Crippen LogP contribution < -0.4 is 5.32 Å². The molecule has 2 bridgehead atoms. The second kappa shape index (κ2) is 7.16. The number of rotatable bonds is 7. The zero-order valence-corrected chi connectivity index (χ0v) is 17.2. The fourth-order valence-electron chi connectivity index (χ4n) is 4.97. The van der Waals surface area contributed by atoms with Crippen molar-refractivity contribution in [1.29, 1.82) is 0 Å². The summed E-state index contributed by atoms with van der Waals surface area (Å²) in [6.07, 6.45) is -0.388. The van der Waals surface area contributed by atoms with E-state index in [0.717, 1.165) is 25.0 Å². The van der Waals surface area contributed by atoms with Gasteiger partial charge in [-0.1, -0.05) is 11.6 Å². The van der Waals surface area contributed by atoms with Gasteiger partial charge in [0, 0.05) is 29.8 Å². The summed E-state index contributed by atoms with van der Waals surface area (Å²) in [5.74, 6) is 0.664. The van der Waals surface area contributed by atoms with Gasteiger partial charge < -0.3 is 9.73 Å². The number of aromatic nitrogens is 3. The predicted molar refractivity (Wildman–Crippen MR) is 101 cm³/mol. The normalized spacial score (nSPS) is 31.4. The minimum Gasteiger partial charge on any atom is -0.424 e. The molecule has 4 saturated carbocycles. The number of amides is 1. The summed E-state index contributed by atoms with van der Waals surface area (Å²) < 4.78 is 46.5. The van der Waals surface area contributed by atoms with E-state index < -0.39 is 12.5 Å². The highest BCUT2D eigenvalue weighted by atomic mass is 35.5. The summed E-state index contributed by atoms with van der Waals surface area (Å²) in [6.45, 7) is 0. The molecule has 2 aromatic heterocycles. The number of pyridine rings is 1. The molecule has 31 heavy (non-hydrogen) atoms. The van der Waals surface area contributed by atoms with Crippen molar-refractivity contribution in [2.24, 2.45) is 0 Å². The Kier molecular flexibility index (Phi) is 4.78. The SMILES string of the molecule is O=C(CCc1ccc(Cl)cn1)NC12CC(c3nnc([C@H]4C[C@@H](OC(F)(F)F)C4)o3)(C1)C2. The summed E-state index contributed by atoms with van der Waals surface area (Å²) >= 11 is 5.81. The first-order valence-corrected chi connectivity index (χ1v) is 10.5. The van der Waals surface area contributed by atoms with Crippen molar-refractivity contribution in [3.8, 4) is 0 Å². The molecule has 0 radical (unpaired) electrons. The molecule has 0 aromatic carbocycles. The third-order valence-electron chi connectivity index (χ3n) is 6.47. The number of carbonyl (C=O) groups is 1. The largest absolute Gasteiger partial charge is 0.522 e. The van der Waals surface area contributed by atoms with Crippen LogP contribution in [0.4, 0.5) is 13.2 Å². The highest BCUT2D eigenvalue weighted by Crippen LogP contribution is 2.67. The molecule has 4 aliphatic carbocycles. The quantitative estimate of drug-likeness (QED) is 0.681. The topological polar surface area (TPSA) is 90.1 Å². The molecule has 4 fully saturated rings. The summed E-state index contributed by atoms with van der Waals surface area (Å²) in [5.41, 5.74) is 0.370. The number of nitrogens with zero attached hydrogens (tertiary/aromatic N) is 3. The van der Waals surface area contributed by atoms with Crippen LogP contribution in [0.5, 0.6) is 0 Å². The molecule has 166 valence electrons. The molecular weight excluding hydrogens is 437 g/mol. The van der Waals surface area contributed by atoms with E-state index in [1.54, 1.807) is 18.3 Å². The van der Waals surface area contributed by atoms with Gasteiger partial charge in [0.2, 0.25) is 17.7 Å². The van der Waals surface area contributed by atoms with Crippen molar-refractivity contribution in [3.63, 3.8) is 0 Å².